The molecule has 5 nitrogen and oxygen atoms in total. The third-order valence-electron chi connectivity index (χ3n) is 3.99. The van der Waals surface area contributed by atoms with Crippen molar-refractivity contribution in [2.75, 3.05) is 6.54 Å². The Kier molecular flexibility index (Phi) is 4.40. The van der Waals surface area contributed by atoms with Crippen molar-refractivity contribution in [1.82, 2.24) is 9.88 Å². The maximum absolute atomic E-state index is 12.6. The van der Waals surface area contributed by atoms with Crippen LogP contribution in [0.4, 0.5) is 0 Å². The second-order valence-corrected chi connectivity index (χ2v) is 6.41. The zero-order chi connectivity index (χ0) is 15.5. The molecule has 6 heteroatoms. The molecular formula is C16H18N2O3S. The van der Waals surface area contributed by atoms with Crippen molar-refractivity contribution in [2.45, 2.75) is 31.4 Å². The Hall–Kier alpha value is -1.92. The number of nitrogens with zero attached hydrogens (tertiary/aromatic N) is 2. The third-order valence-corrected chi connectivity index (χ3v) is 4.97. The molecule has 116 valence electrons. The van der Waals surface area contributed by atoms with Gasteiger partial charge in [-0.05, 0) is 42.8 Å². The first kappa shape index (κ1) is 15.0. The van der Waals surface area contributed by atoms with Gasteiger partial charge in [0.15, 0.2) is 5.69 Å². The Morgan fingerprint density at radius 1 is 1.45 bits per heavy atom. The highest BCUT2D eigenvalue weighted by atomic mass is 32.1. The number of amides is 1. The molecular weight excluding hydrogens is 300 g/mol. The summed E-state index contributed by atoms with van der Waals surface area (Å²) in [6.07, 6.45) is 3.22. The first-order valence-electron chi connectivity index (χ1n) is 7.33. The number of thiophene rings is 1. The quantitative estimate of drug-likeness (QED) is 0.908. The molecule has 1 amide bonds. The van der Waals surface area contributed by atoms with E-state index in [4.69, 9.17) is 0 Å². The largest absolute Gasteiger partial charge is 0.505 e. The van der Waals surface area contributed by atoms with E-state index in [-0.39, 0.29) is 23.4 Å². The normalized spacial score (nSPS) is 19.3. The zero-order valence-electron chi connectivity index (χ0n) is 12.1. The number of aromatic hydroxyl groups is 1. The number of pyridine rings is 1. The van der Waals surface area contributed by atoms with Gasteiger partial charge in [-0.15, -0.1) is 11.3 Å². The van der Waals surface area contributed by atoms with Crippen LogP contribution in [0.1, 0.15) is 40.7 Å². The highest BCUT2D eigenvalue weighted by molar-refractivity contribution is 7.10. The van der Waals surface area contributed by atoms with Crippen LogP contribution < -0.4 is 0 Å². The summed E-state index contributed by atoms with van der Waals surface area (Å²) in [4.78, 5) is 19.2. The minimum absolute atomic E-state index is 0.0222. The van der Waals surface area contributed by atoms with Crippen molar-refractivity contribution in [3.8, 4) is 5.75 Å². The van der Waals surface area contributed by atoms with Crippen molar-refractivity contribution in [1.29, 1.82) is 0 Å². The van der Waals surface area contributed by atoms with Crippen LogP contribution in [0.3, 0.4) is 0 Å². The Morgan fingerprint density at radius 2 is 2.32 bits per heavy atom. The highest BCUT2D eigenvalue weighted by Gasteiger charge is 2.33. The smallest absolute Gasteiger partial charge is 0.276 e. The molecule has 0 spiro atoms. The molecule has 3 heterocycles. The Balaban J connectivity index is 1.73. The molecule has 2 atom stereocenters. The van der Waals surface area contributed by atoms with E-state index in [1.807, 2.05) is 17.5 Å². The molecule has 0 aliphatic carbocycles. The van der Waals surface area contributed by atoms with Gasteiger partial charge < -0.3 is 15.1 Å². The van der Waals surface area contributed by atoms with Gasteiger partial charge in [0.25, 0.3) is 5.91 Å². The topological polar surface area (TPSA) is 73.7 Å². The second kappa shape index (κ2) is 6.46. The summed E-state index contributed by atoms with van der Waals surface area (Å²) >= 11 is 1.52. The van der Waals surface area contributed by atoms with Crippen molar-refractivity contribution in [3.05, 3.63) is 46.4 Å². The van der Waals surface area contributed by atoms with E-state index in [1.165, 1.54) is 23.6 Å². The van der Waals surface area contributed by atoms with E-state index in [0.29, 0.717) is 13.0 Å². The van der Waals surface area contributed by atoms with Crippen molar-refractivity contribution in [3.63, 3.8) is 0 Å². The van der Waals surface area contributed by atoms with Gasteiger partial charge in [-0.3, -0.25) is 4.79 Å². The lowest BCUT2D eigenvalue weighted by molar-refractivity contribution is 0.0661. The molecule has 2 aromatic heterocycles. The average Bonchev–Trinajstić information content (AvgIpc) is 3.18. The molecule has 2 N–H and O–H groups in total. The minimum atomic E-state index is -0.560. The summed E-state index contributed by atoms with van der Waals surface area (Å²) < 4.78 is 0. The van der Waals surface area contributed by atoms with E-state index in [2.05, 4.69) is 4.98 Å². The maximum atomic E-state index is 12.6. The number of carbonyl (C=O) groups excluding carboxylic acids is 1. The fourth-order valence-corrected chi connectivity index (χ4v) is 3.63. The van der Waals surface area contributed by atoms with E-state index < -0.39 is 6.10 Å². The fourth-order valence-electron chi connectivity index (χ4n) is 2.90. The molecule has 2 aromatic rings. The number of rotatable bonds is 4. The van der Waals surface area contributed by atoms with Crippen molar-refractivity contribution >= 4 is 17.2 Å². The molecule has 1 aliphatic rings. The van der Waals surface area contributed by atoms with E-state index in [9.17, 15) is 15.0 Å². The first-order chi connectivity index (χ1) is 10.7. The number of carbonyl (C=O) groups is 1. The fraction of sp³-hybridized carbons (Fsp3) is 0.375. The van der Waals surface area contributed by atoms with Gasteiger partial charge in [0.05, 0.1) is 6.10 Å². The highest BCUT2D eigenvalue weighted by Crippen LogP contribution is 2.31. The van der Waals surface area contributed by atoms with Gasteiger partial charge in [-0.25, -0.2) is 4.98 Å². The first-order valence-corrected chi connectivity index (χ1v) is 8.21. The van der Waals surface area contributed by atoms with Gasteiger partial charge in [-0.1, -0.05) is 6.07 Å². The third kappa shape index (κ3) is 2.98. The molecule has 0 saturated carbocycles. The van der Waals surface area contributed by atoms with Crippen LogP contribution in [0.15, 0.2) is 35.8 Å². The Labute approximate surface area is 132 Å². The summed E-state index contributed by atoms with van der Waals surface area (Å²) in [7, 11) is 0. The minimum Gasteiger partial charge on any atom is -0.505 e. The predicted octanol–water partition coefficient (Wildman–Crippen LogP) is 2.58. The van der Waals surface area contributed by atoms with E-state index in [1.54, 1.807) is 11.0 Å². The molecule has 1 fully saturated rings. The maximum Gasteiger partial charge on any atom is 0.276 e. The number of aliphatic hydroxyl groups excluding tert-OH is 1. The SMILES string of the molecule is O=C(c1ncccc1O)N1CCC[C@H]1C[C@H](O)c1cccs1. The zero-order valence-corrected chi connectivity index (χ0v) is 12.9. The molecule has 0 aromatic carbocycles. The number of aliphatic hydroxyl groups is 1. The molecule has 0 bridgehead atoms. The molecule has 3 rings (SSSR count). The predicted molar refractivity (Wildman–Crippen MR) is 83.9 cm³/mol. The van der Waals surface area contributed by atoms with Crippen LogP contribution in [-0.2, 0) is 0 Å². The standard InChI is InChI=1S/C16H18N2O3S/c19-12-5-1-7-17-15(12)16(21)18-8-2-4-11(18)10-13(20)14-6-3-9-22-14/h1,3,5-7,9,11,13,19-20H,2,4,8,10H2/t11-,13-/m0/s1. The lowest BCUT2D eigenvalue weighted by Gasteiger charge is -2.26. The van der Waals surface area contributed by atoms with Crippen LogP contribution in [0.5, 0.6) is 5.75 Å². The molecule has 0 radical (unpaired) electrons. The number of aromatic nitrogens is 1. The van der Waals surface area contributed by atoms with Gasteiger partial charge >= 0.3 is 0 Å². The summed E-state index contributed by atoms with van der Waals surface area (Å²) in [6.45, 7) is 0.636. The number of likely N-dealkylation sites (tertiary alicyclic amines) is 1. The number of hydrogen-bond acceptors (Lipinski definition) is 5. The summed E-state index contributed by atoms with van der Waals surface area (Å²) in [5, 5.41) is 22.0. The molecule has 0 unspecified atom stereocenters. The van der Waals surface area contributed by atoms with Gasteiger partial charge in [-0.2, -0.15) is 0 Å². The van der Waals surface area contributed by atoms with Crippen LogP contribution in [0.2, 0.25) is 0 Å². The lowest BCUT2D eigenvalue weighted by Crippen LogP contribution is -2.36. The summed E-state index contributed by atoms with van der Waals surface area (Å²) in [5.41, 5.74) is 0.0833. The summed E-state index contributed by atoms with van der Waals surface area (Å²) in [5.74, 6) is -0.365. The summed E-state index contributed by atoms with van der Waals surface area (Å²) in [6, 6.07) is 6.85. The van der Waals surface area contributed by atoms with E-state index >= 15 is 0 Å². The molecule has 1 saturated heterocycles. The van der Waals surface area contributed by atoms with Crippen LogP contribution in [0.25, 0.3) is 0 Å². The monoisotopic (exact) mass is 318 g/mol. The Morgan fingerprint density at radius 3 is 3.05 bits per heavy atom. The van der Waals surface area contributed by atoms with Crippen LogP contribution in [-0.4, -0.2) is 38.6 Å². The van der Waals surface area contributed by atoms with Crippen LogP contribution in [0, 0.1) is 0 Å². The van der Waals surface area contributed by atoms with Crippen molar-refractivity contribution < 1.29 is 15.0 Å². The molecule has 1 aliphatic heterocycles. The molecule has 22 heavy (non-hydrogen) atoms. The lowest BCUT2D eigenvalue weighted by atomic mass is 10.1. The van der Waals surface area contributed by atoms with Gasteiger partial charge in [0.2, 0.25) is 0 Å². The van der Waals surface area contributed by atoms with E-state index in [0.717, 1.165) is 17.7 Å². The Bertz CT molecular complexity index is 645. The number of hydrogen-bond donors (Lipinski definition) is 2. The van der Waals surface area contributed by atoms with Gasteiger partial charge in [0, 0.05) is 23.7 Å². The van der Waals surface area contributed by atoms with Gasteiger partial charge in [0.1, 0.15) is 5.75 Å². The average molecular weight is 318 g/mol. The second-order valence-electron chi connectivity index (χ2n) is 5.43. The van der Waals surface area contributed by atoms with Crippen LogP contribution >= 0.6 is 11.3 Å². The van der Waals surface area contributed by atoms with Crippen molar-refractivity contribution in [2.24, 2.45) is 0 Å².